The van der Waals surface area contributed by atoms with Crippen molar-refractivity contribution in [3.8, 4) is 0 Å². The lowest BCUT2D eigenvalue weighted by molar-refractivity contribution is -0.137. The number of carboxylic acid groups (broad SMARTS) is 1. The molecule has 2 heterocycles. The van der Waals surface area contributed by atoms with Gasteiger partial charge in [-0.05, 0) is 38.3 Å². The summed E-state index contributed by atoms with van der Waals surface area (Å²) in [5.74, 6) is -1.13. The normalized spacial score (nSPS) is 12.1. The molecule has 0 radical (unpaired) electrons. The lowest BCUT2D eigenvalue weighted by Crippen LogP contribution is -2.37. The van der Waals surface area contributed by atoms with Crippen LogP contribution in [0.3, 0.4) is 0 Å². The quantitative estimate of drug-likeness (QED) is 0.657. The second-order valence-corrected chi connectivity index (χ2v) is 6.99. The number of aromatic nitrogens is 3. The third-order valence-electron chi connectivity index (χ3n) is 4.80. The Bertz CT molecular complexity index is 1010. The van der Waals surface area contributed by atoms with E-state index in [1.807, 2.05) is 50.4 Å². The van der Waals surface area contributed by atoms with Crippen molar-refractivity contribution in [2.24, 2.45) is 7.05 Å². The largest absolute Gasteiger partial charge is 0.481 e. The van der Waals surface area contributed by atoms with Crippen molar-refractivity contribution < 1.29 is 14.7 Å². The van der Waals surface area contributed by atoms with Crippen LogP contribution in [0.4, 0.5) is 0 Å². The van der Waals surface area contributed by atoms with Crippen LogP contribution >= 0.6 is 0 Å². The molecule has 28 heavy (non-hydrogen) atoms. The molecule has 2 aromatic heterocycles. The average molecular weight is 380 g/mol. The van der Waals surface area contributed by atoms with Crippen LogP contribution in [0.5, 0.6) is 0 Å². The Kier molecular flexibility index (Phi) is 5.73. The molecule has 0 aliphatic carbocycles. The molecule has 1 amide bonds. The number of carboxylic acids is 1. The summed E-state index contributed by atoms with van der Waals surface area (Å²) in [7, 11) is 1.82. The molecule has 3 aromatic rings. The summed E-state index contributed by atoms with van der Waals surface area (Å²) in [6.07, 6.45) is 0.923. The second kappa shape index (κ2) is 8.21. The molecule has 0 aliphatic rings. The Balaban J connectivity index is 1.84. The number of aryl methyl sites for hydroxylation is 3. The van der Waals surface area contributed by atoms with E-state index in [1.165, 1.54) is 0 Å². The van der Waals surface area contributed by atoms with E-state index in [2.05, 4.69) is 15.4 Å². The second-order valence-electron chi connectivity index (χ2n) is 6.99. The van der Waals surface area contributed by atoms with Crippen molar-refractivity contribution in [3.05, 3.63) is 58.9 Å². The predicted octanol–water partition coefficient (Wildman–Crippen LogP) is 2.79. The number of pyridine rings is 1. The zero-order valence-electron chi connectivity index (χ0n) is 16.3. The van der Waals surface area contributed by atoms with E-state index in [4.69, 9.17) is 5.11 Å². The molecule has 1 atom stereocenters. The standard InChI is InChI=1S/C21H24N4O3/c1-13-18(12-17-14(2)24-25(3)20(17)22-13)21(28)23-16(9-10-19(26)27)11-15-7-5-4-6-8-15/h4-8,12,16H,9-11H2,1-3H3,(H,23,28)(H,26,27). The summed E-state index contributed by atoms with van der Waals surface area (Å²) in [5, 5.41) is 17.2. The zero-order valence-corrected chi connectivity index (χ0v) is 16.3. The number of hydrogen-bond donors (Lipinski definition) is 2. The number of benzene rings is 1. The Hall–Kier alpha value is -3.22. The van der Waals surface area contributed by atoms with Crippen molar-refractivity contribution in [1.82, 2.24) is 20.1 Å². The molecule has 7 heteroatoms. The lowest BCUT2D eigenvalue weighted by Gasteiger charge is -2.19. The first-order valence-electron chi connectivity index (χ1n) is 9.22. The van der Waals surface area contributed by atoms with Gasteiger partial charge in [-0.1, -0.05) is 30.3 Å². The lowest BCUT2D eigenvalue weighted by atomic mass is 10.0. The molecule has 0 spiro atoms. The van der Waals surface area contributed by atoms with Crippen molar-refractivity contribution >= 4 is 22.9 Å². The van der Waals surface area contributed by atoms with Crippen LogP contribution in [-0.4, -0.2) is 37.8 Å². The molecule has 1 unspecified atom stereocenters. The number of aliphatic carboxylic acids is 1. The number of carbonyl (C=O) groups excluding carboxylic acids is 1. The van der Waals surface area contributed by atoms with E-state index in [0.29, 0.717) is 24.1 Å². The van der Waals surface area contributed by atoms with Crippen molar-refractivity contribution in [2.75, 3.05) is 0 Å². The highest BCUT2D eigenvalue weighted by Gasteiger charge is 2.19. The molecule has 2 N–H and O–H groups in total. The average Bonchev–Trinajstić information content (AvgIpc) is 2.93. The van der Waals surface area contributed by atoms with E-state index in [0.717, 1.165) is 22.3 Å². The van der Waals surface area contributed by atoms with Gasteiger partial charge in [0.15, 0.2) is 5.65 Å². The van der Waals surface area contributed by atoms with Gasteiger partial charge in [0.25, 0.3) is 5.91 Å². The third kappa shape index (κ3) is 4.36. The zero-order chi connectivity index (χ0) is 20.3. The highest BCUT2D eigenvalue weighted by molar-refractivity contribution is 5.98. The number of rotatable bonds is 7. The van der Waals surface area contributed by atoms with Crippen LogP contribution < -0.4 is 5.32 Å². The van der Waals surface area contributed by atoms with E-state index in [9.17, 15) is 9.59 Å². The monoisotopic (exact) mass is 380 g/mol. The van der Waals surface area contributed by atoms with Crippen molar-refractivity contribution in [3.63, 3.8) is 0 Å². The van der Waals surface area contributed by atoms with Crippen LogP contribution in [0.25, 0.3) is 11.0 Å². The molecule has 1 aromatic carbocycles. The van der Waals surface area contributed by atoms with Gasteiger partial charge >= 0.3 is 5.97 Å². The number of carbonyl (C=O) groups is 2. The van der Waals surface area contributed by atoms with Crippen LogP contribution in [0, 0.1) is 13.8 Å². The van der Waals surface area contributed by atoms with Gasteiger partial charge in [-0.3, -0.25) is 14.3 Å². The maximum atomic E-state index is 12.9. The minimum atomic E-state index is -0.877. The third-order valence-corrected chi connectivity index (χ3v) is 4.80. The molecular formula is C21H24N4O3. The fraction of sp³-hybridized carbons (Fsp3) is 0.333. The smallest absolute Gasteiger partial charge is 0.303 e. The van der Waals surface area contributed by atoms with Crippen LogP contribution in [0.2, 0.25) is 0 Å². The van der Waals surface area contributed by atoms with E-state index >= 15 is 0 Å². The molecule has 0 saturated heterocycles. The summed E-state index contributed by atoms with van der Waals surface area (Å²) in [6.45, 7) is 3.67. The van der Waals surface area contributed by atoms with Crippen molar-refractivity contribution in [2.45, 2.75) is 39.2 Å². The molecule has 146 valence electrons. The Morgan fingerprint density at radius 3 is 2.57 bits per heavy atom. The fourth-order valence-electron chi connectivity index (χ4n) is 3.35. The van der Waals surface area contributed by atoms with E-state index < -0.39 is 5.97 Å². The Morgan fingerprint density at radius 1 is 1.18 bits per heavy atom. The molecule has 3 rings (SSSR count). The topological polar surface area (TPSA) is 97.1 Å². The van der Waals surface area contributed by atoms with E-state index in [1.54, 1.807) is 11.6 Å². The van der Waals surface area contributed by atoms with Gasteiger partial charge in [-0.25, -0.2) is 4.98 Å². The maximum absolute atomic E-state index is 12.9. The minimum Gasteiger partial charge on any atom is -0.481 e. The number of fused-ring (bicyclic) bond motifs is 1. The molecule has 0 aliphatic heterocycles. The molecule has 0 bridgehead atoms. The number of amides is 1. The number of hydrogen-bond acceptors (Lipinski definition) is 4. The van der Waals surface area contributed by atoms with Gasteiger partial charge in [0.1, 0.15) is 0 Å². The summed E-state index contributed by atoms with van der Waals surface area (Å²) in [6, 6.07) is 11.3. The van der Waals surface area contributed by atoms with Gasteiger partial charge < -0.3 is 10.4 Å². The van der Waals surface area contributed by atoms with E-state index in [-0.39, 0.29) is 18.4 Å². The summed E-state index contributed by atoms with van der Waals surface area (Å²) < 4.78 is 1.70. The first kappa shape index (κ1) is 19.5. The van der Waals surface area contributed by atoms with Gasteiger partial charge in [0.2, 0.25) is 0 Å². The molecule has 0 saturated carbocycles. The first-order chi connectivity index (χ1) is 13.3. The predicted molar refractivity (Wildman–Crippen MR) is 106 cm³/mol. The summed E-state index contributed by atoms with van der Waals surface area (Å²) >= 11 is 0. The van der Waals surface area contributed by atoms with Crippen LogP contribution in [-0.2, 0) is 18.3 Å². The Morgan fingerprint density at radius 2 is 1.89 bits per heavy atom. The molecule has 0 fully saturated rings. The summed E-state index contributed by atoms with van der Waals surface area (Å²) in [5.41, 5.74) is 3.69. The van der Waals surface area contributed by atoms with Gasteiger partial charge in [0.05, 0.1) is 17.0 Å². The highest BCUT2D eigenvalue weighted by Crippen LogP contribution is 2.20. The maximum Gasteiger partial charge on any atom is 0.303 e. The van der Waals surface area contributed by atoms with Crippen LogP contribution in [0.1, 0.15) is 40.2 Å². The van der Waals surface area contributed by atoms with Crippen LogP contribution in [0.15, 0.2) is 36.4 Å². The minimum absolute atomic E-state index is 0.00421. The Labute approximate surface area is 163 Å². The highest BCUT2D eigenvalue weighted by atomic mass is 16.4. The molecule has 7 nitrogen and oxygen atoms in total. The molecular weight excluding hydrogens is 356 g/mol. The van der Waals surface area contributed by atoms with Gasteiger partial charge in [0, 0.05) is 24.9 Å². The van der Waals surface area contributed by atoms with Gasteiger partial charge in [-0.15, -0.1) is 0 Å². The van der Waals surface area contributed by atoms with Gasteiger partial charge in [-0.2, -0.15) is 5.10 Å². The first-order valence-corrected chi connectivity index (χ1v) is 9.22. The van der Waals surface area contributed by atoms with Crippen molar-refractivity contribution in [1.29, 1.82) is 0 Å². The summed E-state index contributed by atoms with van der Waals surface area (Å²) in [4.78, 5) is 28.5. The number of nitrogens with zero attached hydrogens (tertiary/aromatic N) is 3. The number of nitrogens with one attached hydrogen (secondary N) is 1. The SMILES string of the molecule is Cc1nc2c(cc1C(=O)NC(CCC(=O)O)Cc1ccccc1)c(C)nn2C. The fourth-order valence-corrected chi connectivity index (χ4v) is 3.35.